The SMILES string of the molecule is CCN1CCC(C(=O)NO)(S(=O)(=O)c2ccc(OCCCSc3nc4ccccc4s3)cc2)CC1.Cl. The smallest absolute Gasteiger partial charge is 0.265 e. The van der Waals surface area contributed by atoms with Crippen LogP contribution in [-0.4, -0.2) is 66.2 Å². The number of likely N-dealkylation sites (tertiary alicyclic amines) is 1. The van der Waals surface area contributed by atoms with Gasteiger partial charge in [0.05, 0.1) is 21.7 Å². The molecule has 0 saturated carbocycles. The van der Waals surface area contributed by atoms with E-state index in [4.69, 9.17) is 4.74 Å². The Bertz CT molecular complexity index is 1230. The fourth-order valence-electron chi connectivity index (χ4n) is 4.21. The number of para-hydroxylation sites is 1. The Hall–Kier alpha value is -1.89. The number of hydrogen-bond donors (Lipinski definition) is 2. The molecule has 0 spiro atoms. The molecule has 2 aromatic carbocycles. The maximum Gasteiger partial charge on any atom is 0.265 e. The van der Waals surface area contributed by atoms with E-state index in [0.717, 1.165) is 28.6 Å². The van der Waals surface area contributed by atoms with Crippen molar-refractivity contribution in [3.05, 3.63) is 48.5 Å². The Morgan fingerprint density at radius 3 is 2.53 bits per heavy atom. The Balaban J connectivity index is 0.00000361. The van der Waals surface area contributed by atoms with Crippen molar-refractivity contribution >= 4 is 61.5 Å². The van der Waals surface area contributed by atoms with Crippen molar-refractivity contribution in [2.45, 2.75) is 40.2 Å². The highest BCUT2D eigenvalue weighted by atomic mass is 35.5. The lowest BCUT2D eigenvalue weighted by atomic mass is 9.95. The van der Waals surface area contributed by atoms with Crippen LogP contribution < -0.4 is 10.2 Å². The second-order valence-corrected chi connectivity index (χ2v) is 13.0. The molecule has 2 N–H and O–H groups in total. The van der Waals surface area contributed by atoms with E-state index in [9.17, 15) is 18.4 Å². The van der Waals surface area contributed by atoms with Gasteiger partial charge in [-0.3, -0.25) is 10.0 Å². The van der Waals surface area contributed by atoms with Crippen molar-refractivity contribution < 1.29 is 23.2 Å². The number of nitrogens with one attached hydrogen (secondary N) is 1. The molecule has 0 atom stereocenters. The average Bonchev–Trinajstić information content (AvgIpc) is 3.31. The number of carbonyl (C=O) groups excluding carboxylic acids is 1. The van der Waals surface area contributed by atoms with Crippen LogP contribution in [-0.2, 0) is 14.6 Å². The van der Waals surface area contributed by atoms with Gasteiger partial charge >= 0.3 is 0 Å². The molecule has 36 heavy (non-hydrogen) atoms. The van der Waals surface area contributed by atoms with Crippen LogP contribution in [0.5, 0.6) is 5.75 Å². The molecular formula is C24H30ClN3O5S3. The van der Waals surface area contributed by atoms with Crippen LogP contribution in [0.3, 0.4) is 0 Å². The first-order valence-corrected chi connectivity index (χ1v) is 14.8. The summed E-state index contributed by atoms with van der Waals surface area (Å²) in [5, 5.41) is 9.28. The first-order chi connectivity index (χ1) is 16.9. The molecule has 0 bridgehead atoms. The monoisotopic (exact) mass is 571 g/mol. The number of benzene rings is 2. The fraction of sp³-hybridized carbons (Fsp3) is 0.417. The van der Waals surface area contributed by atoms with E-state index in [-0.39, 0.29) is 30.1 Å². The highest BCUT2D eigenvalue weighted by Gasteiger charge is 2.52. The summed E-state index contributed by atoms with van der Waals surface area (Å²) in [6, 6.07) is 14.2. The molecule has 1 saturated heterocycles. The second kappa shape index (κ2) is 12.6. The van der Waals surface area contributed by atoms with Crippen LogP contribution in [0.2, 0.25) is 0 Å². The lowest BCUT2D eigenvalue weighted by Crippen LogP contribution is -2.57. The van der Waals surface area contributed by atoms with Crippen LogP contribution >= 0.6 is 35.5 Å². The highest BCUT2D eigenvalue weighted by molar-refractivity contribution is 8.01. The van der Waals surface area contributed by atoms with Gasteiger partial charge in [0.2, 0.25) is 0 Å². The number of ether oxygens (including phenoxy) is 1. The molecule has 196 valence electrons. The van der Waals surface area contributed by atoms with Crippen LogP contribution in [0.4, 0.5) is 0 Å². The number of sulfone groups is 1. The van der Waals surface area contributed by atoms with Crippen LogP contribution in [0.25, 0.3) is 10.2 Å². The average molecular weight is 572 g/mol. The zero-order valence-electron chi connectivity index (χ0n) is 19.9. The van der Waals surface area contributed by atoms with Crippen molar-refractivity contribution in [2.75, 3.05) is 32.0 Å². The van der Waals surface area contributed by atoms with Gasteiger partial charge < -0.3 is 9.64 Å². The Kier molecular flexibility index (Phi) is 10.0. The number of thiazole rings is 1. The van der Waals surface area contributed by atoms with Gasteiger partial charge in [0.25, 0.3) is 5.91 Å². The molecule has 8 nitrogen and oxygen atoms in total. The quantitative estimate of drug-likeness (QED) is 0.159. The molecule has 0 unspecified atom stereocenters. The third kappa shape index (κ3) is 5.98. The first-order valence-electron chi connectivity index (χ1n) is 11.5. The van der Waals surface area contributed by atoms with Gasteiger partial charge in [-0.2, -0.15) is 0 Å². The van der Waals surface area contributed by atoms with E-state index in [1.54, 1.807) is 40.7 Å². The molecule has 1 fully saturated rings. The number of thioether (sulfide) groups is 1. The van der Waals surface area contributed by atoms with E-state index in [0.29, 0.717) is 25.4 Å². The summed E-state index contributed by atoms with van der Waals surface area (Å²) in [6.45, 7) is 4.21. The van der Waals surface area contributed by atoms with Crippen molar-refractivity contribution in [2.24, 2.45) is 0 Å². The minimum absolute atomic E-state index is 0. The zero-order valence-corrected chi connectivity index (χ0v) is 23.1. The van der Waals surface area contributed by atoms with Gasteiger partial charge in [-0.15, -0.1) is 23.7 Å². The molecule has 1 aliphatic rings. The van der Waals surface area contributed by atoms with Crippen molar-refractivity contribution in [1.82, 2.24) is 15.4 Å². The standard InChI is InChI=1S/C24H29N3O5S3.ClH/c1-2-27-14-12-24(13-15-27,22(28)26-29)35(30,31)19-10-8-18(9-11-19)32-16-5-17-33-23-25-20-6-3-4-7-21(20)34-23;/h3-4,6-11,29H,2,5,12-17H2,1H3,(H,26,28);1H. The zero-order chi connectivity index (χ0) is 24.9. The number of hydrogen-bond acceptors (Lipinski definition) is 9. The molecule has 1 aromatic heterocycles. The molecule has 0 radical (unpaired) electrons. The van der Waals surface area contributed by atoms with Gasteiger partial charge in [0.15, 0.2) is 18.9 Å². The number of fused-ring (bicyclic) bond motifs is 1. The summed E-state index contributed by atoms with van der Waals surface area (Å²) in [6.07, 6.45) is 1.06. The number of carbonyl (C=O) groups is 1. The molecule has 4 rings (SSSR count). The predicted octanol–water partition coefficient (Wildman–Crippen LogP) is 4.41. The lowest BCUT2D eigenvalue weighted by Gasteiger charge is -2.39. The number of nitrogens with zero attached hydrogens (tertiary/aromatic N) is 2. The predicted molar refractivity (Wildman–Crippen MR) is 145 cm³/mol. The Morgan fingerprint density at radius 1 is 1.19 bits per heavy atom. The summed E-state index contributed by atoms with van der Waals surface area (Å²) in [4.78, 5) is 19.3. The number of aromatic nitrogens is 1. The van der Waals surface area contributed by atoms with Crippen LogP contribution in [0, 0.1) is 0 Å². The van der Waals surface area contributed by atoms with Gasteiger partial charge in [-0.05, 0) is 62.2 Å². The highest BCUT2D eigenvalue weighted by Crippen LogP contribution is 2.36. The number of halogens is 1. The van der Waals surface area contributed by atoms with E-state index in [1.165, 1.54) is 16.8 Å². The van der Waals surface area contributed by atoms with Gasteiger partial charge in [-0.25, -0.2) is 18.9 Å². The topological polar surface area (TPSA) is 109 Å². The fourth-order valence-corrected chi connectivity index (χ4v) is 8.22. The van der Waals surface area contributed by atoms with Crippen LogP contribution in [0.15, 0.2) is 57.8 Å². The number of piperidine rings is 1. The van der Waals surface area contributed by atoms with E-state index in [1.807, 2.05) is 25.1 Å². The summed E-state index contributed by atoms with van der Waals surface area (Å²) in [5.41, 5.74) is 2.60. The molecule has 1 amide bonds. The minimum Gasteiger partial charge on any atom is -0.494 e. The molecule has 12 heteroatoms. The third-order valence-corrected chi connectivity index (χ3v) is 11.1. The molecule has 3 aromatic rings. The number of amides is 1. The molecular weight excluding hydrogens is 542 g/mol. The Morgan fingerprint density at radius 2 is 1.89 bits per heavy atom. The Labute approximate surface area is 225 Å². The molecule has 0 aliphatic carbocycles. The van der Waals surface area contributed by atoms with Gasteiger partial charge in [0, 0.05) is 18.8 Å². The van der Waals surface area contributed by atoms with Gasteiger partial charge in [-0.1, -0.05) is 30.8 Å². The van der Waals surface area contributed by atoms with E-state index >= 15 is 0 Å². The number of hydroxylamine groups is 1. The summed E-state index contributed by atoms with van der Waals surface area (Å²) >= 11 is 3.37. The van der Waals surface area contributed by atoms with E-state index in [2.05, 4.69) is 16.0 Å². The van der Waals surface area contributed by atoms with Crippen LogP contribution in [0.1, 0.15) is 26.2 Å². The van der Waals surface area contributed by atoms with Crippen molar-refractivity contribution in [3.8, 4) is 5.75 Å². The van der Waals surface area contributed by atoms with Crippen molar-refractivity contribution in [3.63, 3.8) is 0 Å². The van der Waals surface area contributed by atoms with E-state index < -0.39 is 20.5 Å². The number of rotatable bonds is 10. The molecule has 2 heterocycles. The lowest BCUT2D eigenvalue weighted by molar-refractivity contribution is -0.133. The third-order valence-electron chi connectivity index (χ3n) is 6.33. The minimum atomic E-state index is -4.02. The van der Waals surface area contributed by atoms with Gasteiger partial charge in [0.1, 0.15) is 5.75 Å². The maximum absolute atomic E-state index is 13.5. The first kappa shape index (κ1) is 28.7. The molecule has 1 aliphatic heterocycles. The maximum atomic E-state index is 13.5. The van der Waals surface area contributed by atoms with Crippen molar-refractivity contribution in [1.29, 1.82) is 0 Å². The summed E-state index contributed by atoms with van der Waals surface area (Å²) in [7, 11) is -4.02. The second-order valence-electron chi connectivity index (χ2n) is 8.34. The summed E-state index contributed by atoms with van der Waals surface area (Å²) < 4.78 is 33.3. The summed E-state index contributed by atoms with van der Waals surface area (Å²) in [5.74, 6) is 0.550. The largest absolute Gasteiger partial charge is 0.494 e. The normalized spacial score (nSPS) is 15.8.